The second-order valence-corrected chi connectivity index (χ2v) is 2.01. The van der Waals surface area contributed by atoms with Gasteiger partial charge in [-0.1, -0.05) is 11.6 Å². The Labute approximate surface area is 62.1 Å². The molecule has 10 heavy (non-hydrogen) atoms. The Morgan fingerprint density at radius 3 is 3.00 bits per heavy atom. The van der Waals surface area contributed by atoms with Crippen LogP contribution in [-0.4, -0.2) is 15.9 Å². The van der Waals surface area contributed by atoms with Crippen LogP contribution in [0, 0.1) is 0 Å². The molecule has 0 aliphatic carbocycles. The van der Waals surface area contributed by atoms with Gasteiger partial charge in [0.05, 0.1) is 6.20 Å². The van der Waals surface area contributed by atoms with Crippen molar-refractivity contribution in [1.82, 2.24) is 9.78 Å². The summed E-state index contributed by atoms with van der Waals surface area (Å²) < 4.78 is 1.41. The summed E-state index contributed by atoms with van der Waals surface area (Å²) in [6, 6.07) is 0. The number of aliphatic imine (C=N–C) groups is 1. The molecule has 0 atom stereocenters. The van der Waals surface area contributed by atoms with E-state index in [2.05, 4.69) is 10.1 Å². The van der Waals surface area contributed by atoms with Crippen LogP contribution in [0.2, 0.25) is 5.15 Å². The van der Waals surface area contributed by atoms with Gasteiger partial charge in [-0.3, -0.25) is 4.68 Å². The summed E-state index contributed by atoms with van der Waals surface area (Å²) in [5.74, 6) is 0. The number of carbonyl (C=O) groups excluding carboxylic acids is 1. The Hall–Kier alpha value is -1.12. The van der Waals surface area contributed by atoms with Crippen molar-refractivity contribution in [2.45, 2.75) is 0 Å². The zero-order valence-electron chi connectivity index (χ0n) is 5.21. The van der Waals surface area contributed by atoms with Gasteiger partial charge >= 0.3 is 0 Å². The van der Waals surface area contributed by atoms with Gasteiger partial charge in [-0.05, 0) is 0 Å². The SMILES string of the molecule is Cn1ncc(N=C=O)c1Cl. The van der Waals surface area contributed by atoms with E-state index < -0.39 is 0 Å². The quantitative estimate of drug-likeness (QED) is 0.452. The number of hydrogen-bond acceptors (Lipinski definition) is 3. The molecule has 0 aromatic carbocycles. The predicted octanol–water partition coefficient (Wildman–Crippen LogP) is 1.04. The zero-order valence-corrected chi connectivity index (χ0v) is 5.96. The third kappa shape index (κ3) is 1.07. The van der Waals surface area contributed by atoms with Crippen molar-refractivity contribution >= 4 is 23.4 Å². The fourth-order valence-corrected chi connectivity index (χ4v) is 0.670. The highest BCUT2D eigenvalue weighted by Crippen LogP contribution is 2.21. The molecule has 0 aliphatic heterocycles. The summed E-state index contributed by atoms with van der Waals surface area (Å²) in [6.45, 7) is 0. The first-order valence-corrected chi connectivity index (χ1v) is 2.89. The summed E-state index contributed by atoms with van der Waals surface area (Å²) in [5.41, 5.74) is 0.346. The predicted molar refractivity (Wildman–Crippen MR) is 36.0 cm³/mol. The van der Waals surface area contributed by atoms with Crippen LogP contribution in [0.25, 0.3) is 0 Å². The molecule has 0 spiro atoms. The number of rotatable bonds is 1. The van der Waals surface area contributed by atoms with Gasteiger partial charge in [-0.25, -0.2) is 4.79 Å². The lowest BCUT2D eigenvalue weighted by atomic mass is 10.6. The molecule has 1 rings (SSSR count). The minimum absolute atomic E-state index is 0.336. The van der Waals surface area contributed by atoms with Gasteiger partial charge in [0, 0.05) is 7.05 Å². The largest absolute Gasteiger partial charge is 0.255 e. The van der Waals surface area contributed by atoms with Crippen molar-refractivity contribution in [2.24, 2.45) is 12.0 Å². The third-order valence-corrected chi connectivity index (χ3v) is 1.45. The van der Waals surface area contributed by atoms with Crippen molar-refractivity contribution in [1.29, 1.82) is 0 Å². The Kier molecular flexibility index (Phi) is 1.85. The van der Waals surface area contributed by atoms with Crippen LogP contribution in [0.5, 0.6) is 0 Å². The average Bonchev–Trinajstić information content (AvgIpc) is 2.20. The minimum Gasteiger partial charge on any atom is -0.255 e. The Bertz CT molecular complexity index is 287. The summed E-state index contributed by atoms with van der Waals surface area (Å²) in [5, 5.41) is 4.08. The molecule has 0 unspecified atom stereocenters. The summed E-state index contributed by atoms with van der Waals surface area (Å²) in [6.07, 6.45) is 2.77. The smallest absolute Gasteiger partial charge is 0.240 e. The van der Waals surface area contributed by atoms with Gasteiger partial charge in [0.25, 0.3) is 0 Å². The fourth-order valence-electron chi connectivity index (χ4n) is 0.535. The molecular weight excluding hydrogens is 154 g/mol. The fraction of sp³-hybridized carbons (Fsp3) is 0.200. The number of aromatic nitrogens is 2. The molecule has 5 heteroatoms. The van der Waals surface area contributed by atoms with Crippen LogP contribution in [0.1, 0.15) is 0 Å². The van der Waals surface area contributed by atoms with Crippen molar-refractivity contribution in [3.8, 4) is 0 Å². The average molecular weight is 158 g/mol. The maximum atomic E-state index is 9.75. The van der Waals surface area contributed by atoms with Crippen LogP contribution >= 0.6 is 11.6 Å². The number of aryl methyl sites for hydroxylation is 1. The molecule has 0 saturated heterocycles. The lowest BCUT2D eigenvalue weighted by Crippen LogP contribution is -1.87. The Morgan fingerprint density at radius 2 is 2.60 bits per heavy atom. The van der Waals surface area contributed by atoms with Crippen LogP contribution in [0.15, 0.2) is 11.2 Å². The molecule has 0 saturated carbocycles. The molecule has 0 N–H and O–H groups in total. The first-order valence-electron chi connectivity index (χ1n) is 2.51. The van der Waals surface area contributed by atoms with E-state index in [-0.39, 0.29) is 0 Å². The van der Waals surface area contributed by atoms with Crippen molar-refractivity contribution in [3.63, 3.8) is 0 Å². The Morgan fingerprint density at radius 1 is 1.90 bits per heavy atom. The number of nitrogens with zero attached hydrogens (tertiary/aromatic N) is 3. The van der Waals surface area contributed by atoms with E-state index in [1.807, 2.05) is 0 Å². The van der Waals surface area contributed by atoms with Gasteiger partial charge in [0.1, 0.15) is 5.69 Å². The standard InChI is InChI=1S/C5H4ClN3O/c1-9-5(6)4(2-8-9)7-3-10/h2H,1H3. The second kappa shape index (κ2) is 2.64. The molecule has 0 bridgehead atoms. The van der Waals surface area contributed by atoms with E-state index in [1.54, 1.807) is 7.05 Å². The normalized spacial score (nSPS) is 9.00. The minimum atomic E-state index is 0.336. The van der Waals surface area contributed by atoms with Crippen molar-refractivity contribution in [2.75, 3.05) is 0 Å². The zero-order chi connectivity index (χ0) is 7.56. The third-order valence-electron chi connectivity index (χ3n) is 1.01. The van der Waals surface area contributed by atoms with Gasteiger partial charge in [-0.15, -0.1) is 0 Å². The molecule has 0 fully saturated rings. The first kappa shape index (κ1) is 6.99. The van der Waals surface area contributed by atoms with E-state index in [0.717, 1.165) is 0 Å². The lowest BCUT2D eigenvalue weighted by molar-refractivity contribution is 0.565. The van der Waals surface area contributed by atoms with Crippen molar-refractivity contribution in [3.05, 3.63) is 11.3 Å². The van der Waals surface area contributed by atoms with Gasteiger partial charge < -0.3 is 0 Å². The highest BCUT2D eigenvalue weighted by molar-refractivity contribution is 6.31. The second-order valence-electron chi connectivity index (χ2n) is 1.65. The molecule has 4 nitrogen and oxygen atoms in total. The van der Waals surface area contributed by atoms with E-state index in [4.69, 9.17) is 11.6 Å². The van der Waals surface area contributed by atoms with Crippen LogP contribution in [-0.2, 0) is 11.8 Å². The molecule has 1 aromatic rings. The molecule has 0 amide bonds. The molecule has 0 radical (unpaired) electrons. The van der Waals surface area contributed by atoms with Crippen LogP contribution in [0.4, 0.5) is 5.69 Å². The van der Waals surface area contributed by atoms with E-state index in [1.165, 1.54) is 17.0 Å². The first-order chi connectivity index (χ1) is 4.75. The highest BCUT2D eigenvalue weighted by atomic mass is 35.5. The number of halogens is 1. The van der Waals surface area contributed by atoms with E-state index >= 15 is 0 Å². The number of hydrogen-bond donors (Lipinski definition) is 0. The molecule has 1 heterocycles. The number of isocyanates is 1. The molecule has 0 aliphatic rings. The maximum Gasteiger partial charge on any atom is 0.240 e. The summed E-state index contributed by atoms with van der Waals surface area (Å²) in [7, 11) is 1.66. The lowest BCUT2D eigenvalue weighted by Gasteiger charge is -1.87. The van der Waals surface area contributed by atoms with Gasteiger partial charge in [-0.2, -0.15) is 10.1 Å². The van der Waals surface area contributed by atoms with Crippen LogP contribution in [0.3, 0.4) is 0 Å². The molecular formula is C5H4ClN3O. The monoisotopic (exact) mass is 157 g/mol. The van der Waals surface area contributed by atoms with Gasteiger partial charge in [0.2, 0.25) is 6.08 Å². The van der Waals surface area contributed by atoms with Crippen molar-refractivity contribution < 1.29 is 4.79 Å². The summed E-state index contributed by atoms with van der Waals surface area (Å²) >= 11 is 5.62. The van der Waals surface area contributed by atoms with E-state index in [9.17, 15) is 4.79 Å². The van der Waals surface area contributed by atoms with E-state index in [0.29, 0.717) is 10.8 Å². The topological polar surface area (TPSA) is 47.2 Å². The summed E-state index contributed by atoms with van der Waals surface area (Å²) in [4.78, 5) is 13.1. The Balaban J connectivity index is 3.17. The molecule has 1 aromatic heterocycles. The highest BCUT2D eigenvalue weighted by Gasteiger charge is 2.02. The van der Waals surface area contributed by atoms with Gasteiger partial charge in [0.15, 0.2) is 5.15 Å². The molecule has 52 valence electrons. The van der Waals surface area contributed by atoms with Crippen LogP contribution < -0.4 is 0 Å². The maximum absolute atomic E-state index is 9.75.